The number of carboxylic acid groups (broad SMARTS) is 1. The third-order valence-electron chi connectivity index (χ3n) is 2.56. The monoisotopic (exact) mass is 322 g/mol. The number of Topliss-reactive ketones (excluding diaryl/α,β-unsaturated/α-hetero) is 1. The molecule has 122 valence electrons. The van der Waals surface area contributed by atoms with Gasteiger partial charge in [-0.25, -0.2) is 0 Å². The van der Waals surface area contributed by atoms with E-state index in [0.29, 0.717) is 6.42 Å². The van der Waals surface area contributed by atoms with Crippen molar-refractivity contribution in [1.82, 2.24) is 5.32 Å². The lowest BCUT2D eigenvalue weighted by Crippen LogP contribution is -2.34. The molecule has 0 aliphatic rings. The second kappa shape index (κ2) is 10.6. The minimum atomic E-state index is -1.39. The summed E-state index contributed by atoms with van der Waals surface area (Å²) in [5.41, 5.74) is 5.28. The number of amides is 1. The van der Waals surface area contributed by atoms with Gasteiger partial charge in [-0.3, -0.25) is 14.4 Å². The standard InChI is InChI=1S/C12H22N2O6S/c1-7(15)11(18)9(16)3-2-4-14-10(17)6-21-5-8(13)12(19)20/h7-8,11,15,18H,2-6,13H2,1H3,(H,14,17)(H,19,20)/t7-,8?,11+/m0/s1. The molecule has 0 aromatic carbocycles. The first-order chi connectivity index (χ1) is 9.75. The lowest BCUT2D eigenvalue weighted by atomic mass is 10.1. The molecule has 0 saturated heterocycles. The number of hydrogen-bond donors (Lipinski definition) is 5. The lowest BCUT2D eigenvalue weighted by molar-refractivity contribution is -0.138. The van der Waals surface area contributed by atoms with E-state index in [1.54, 1.807) is 0 Å². The number of carbonyl (C=O) groups excluding carboxylic acids is 2. The van der Waals surface area contributed by atoms with Crippen LogP contribution in [-0.4, -0.2) is 69.3 Å². The number of carbonyl (C=O) groups is 3. The van der Waals surface area contributed by atoms with E-state index in [1.807, 2.05) is 0 Å². The Balaban J connectivity index is 3.67. The van der Waals surface area contributed by atoms with Gasteiger partial charge in [0.05, 0.1) is 11.9 Å². The Morgan fingerprint density at radius 1 is 1.29 bits per heavy atom. The SMILES string of the molecule is C[C@H](O)[C@@H](O)C(=O)CCCNC(=O)CSCC(N)C(=O)O. The van der Waals surface area contributed by atoms with E-state index in [-0.39, 0.29) is 30.4 Å². The van der Waals surface area contributed by atoms with Crippen molar-refractivity contribution < 1.29 is 29.7 Å². The number of ketones is 1. The molecule has 0 aliphatic carbocycles. The van der Waals surface area contributed by atoms with Crippen LogP contribution in [0.25, 0.3) is 0 Å². The van der Waals surface area contributed by atoms with Crippen LogP contribution < -0.4 is 11.1 Å². The molecule has 9 heteroatoms. The van der Waals surface area contributed by atoms with Crippen LogP contribution in [0.1, 0.15) is 19.8 Å². The number of rotatable bonds is 11. The van der Waals surface area contributed by atoms with E-state index in [2.05, 4.69) is 5.32 Å². The third-order valence-corrected chi connectivity index (χ3v) is 3.62. The zero-order chi connectivity index (χ0) is 16.4. The highest BCUT2D eigenvalue weighted by Crippen LogP contribution is 2.02. The molecule has 0 heterocycles. The second-order valence-corrected chi connectivity index (χ2v) is 5.60. The van der Waals surface area contributed by atoms with Gasteiger partial charge in [0.1, 0.15) is 12.1 Å². The quantitative estimate of drug-likeness (QED) is 0.284. The fourth-order valence-corrected chi connectivity index (χ4v) is 2.11. The van der Waals surface area contributed by atoms with Crippen LogP contribution in [0.2, 0.25) is 0 Å². The van der Waals surface area contributed by atoms with Gasteiger partial charge in [-0.15, -0.1) is 11.8 Å². The van der Waals surface area contributed by atoms with Crippen molar-refractivity contribution in [3.63, 3.8) is 0 Å². The van der Waals surface area contributed by atoms with Crippen LogP contribution in [-0.2, 0) is 14.4 Å². The summed E-state index contributed by atoms with van der Waals surface area (Å²) in [7, 11) is 0. The third kappa shape index (κ3) is 9.40. The highest BCUT2D eigenvalue weighted by atomic mass is 32.2. The predicted octanol–water partition coefficient (Wildman–Crippen LogP) is -1.66. The molecule has 1 amide bonds. The molecule has 0 aromatic rings. The van der Waals surface area contributed by atoms with E-state index >= 15 is 0 Å². The summed E-state index contributed by atoms with van der Waals surface area (Å²) in [4.78, 5) is 33.2. The Bertz CT molecular complexity index is 364. The van der Waals surface area contributed by atoms with Gasteiger partial charge in [0, 0.05) is 18.7 Å². The number of nitrogens with one attached hydrogen (secondary N) is 1. The second-order valence-electron chi connectivity index (χ2n) is 4.57. The van der Waals surface area contributed by atoms with E-state index < -0.39 is 30.0 Å². The molecule has 0 rings (SSSR count). The largest absolute Gasteiger partial charge is 0.480 e. The molecule has 0 radical (unpaired) electrons. The van der Waals surface area contributed by atoms with E-state index in [4.69, 9.17) is 15.9 Å². The Hall–Kier alpha value is -1.16. The summed E-state index contributed by atoms with van der Waals surface area (Å²) in [5, 5.41) is 29.4. The minimum absolute atomic E-state index is 0.0589. The summed E-state index contributed by atoms with van der Waals surface area (Å²) in [5.74, 6) is -1.63. The molecule has 0 aromatic heterocycles. The van der Waals surface area contributed by atoms with Crippen molar-refractivity contribution in [1.29, 1.82) is 0 Å². The molecule has 21 heavy (non-hydrogen) atoms. The number of nitrogens with two attached hydrogens (primary N) is 1. The first-order valence-corrected chi connectivity index (χ1v) is 7.62. The van der Waals surface area contributed by atoms with Gasteiger partial charge in [0.25, 0.3) is 0 Å². The molecular weight excluding hydrogens is 300 g/mol. The van der Waals surface area contributed by atoms with Crippen LogP contribution in [0.15, 0.2) is 0 Å². The molecule has 0 aliphatic heterocycles. The zero-order valence-corrected chi connectivity index (χ0v) is 12.6. The average molecular weight is 322 g/mol. The van der Waals surface area contributed by atoms with Crippen molar-refractivity contribution >= 4 is 29.4 Å². The molecule has 0 spiro atoms. The van der Waals surface area contributed by atoms with Gasteiger partial charge in [0.2, 0.25) is 5.91 Å². The number of hydrogen-bond acceptors (Lipinski definition) is 7. The van der Waals surface area contributed by atoms with Crippen molar-refractivity contribution in [2.45, 2.75) is 38.0 Å². The van der Waals surface area contributed by atoms with Crippen molar-refractivity contribution in [3.05, 3.63) is 0 Å². The Kier molecular flexibility index (Phi) is 9.97. The Morgan fingerprint density at radius 3 is 2.43 bits per heavy atom. The van der Waals surface area contributed by atoms with Crippen LogP contribution in [0.5, 0.6) is 0 Å². The number of aliphatic carboxylic acids is 1. The fraction of sp³-hybridized carbons (Fsp3) is 0.750. The lowest BCUT2D eigenvalue weighted by Gasteiger charge is -2.12. The van der Waals surface area contributed by atoms with E-state index in [0.717, 1.165) is 11.8 Å². The molecule has 0 fully saturated rings. The smallest absolute Gasteiger partial charge is 0.321 e. The van der Waals surface area contributed by atoms with Gasteiger partial charge in [-0.1, -0.05) is 0 Å². The number of thioether (sulfide) groups is 1. The fourth-order valence-electron chi connectivity index (χ4n) is 1.31. The normalized spacial score (nSPS) is 15.0. The van der Waals surface area contributed by atoms with Crippen molar-refractivity contribution in [3.8, 4) is 0 Å². The van der Waals surface area contributed by atoms with Crippen LogP contribution in [0.4, 0.5) is 0 Å². The maximum Gasteiger partial charge on any atom is 0.321 e. The van der Waals surface area contributed by atoms with Crippen molar-refractivity contribution in [2.75, 3.05) is 18.1 Å². The van der Waals surface area contributed by atoms with E-state index in [9.17, 15) is 19.5 Å². The highest BCUT2D eigenvalue weighted by Gasteiger charge is 2.19. The summed E-state index contributed by atoms with van der Waals surface area (Å²) in [6.45, 7) is 1.59. The van der Waals surface area contributed by atoms with Gasteiger partial charge in [-0.05, 0) is 13.3 Å². The number of aliphatic hydroxyl groups is 2. The van der Waals surface area contributed by atoms with Gasteiger partial charge in [-0.2, -0.15) is 0 Å². The van der Waals surface area contributed by atoms with Gasteiger partial charge < -0.3 is 26.4 Å². The van der Waals surface area contributed by atoms with Gasteiger partial charge in [0.15, 0.2) is 5.78 Å². The maximum atomic E-state index is 11.4. The number of carboxylic acids is 1. The summed E-state index contributed by atoms with van der Waals surface area (Å²) >= 11 is 1.11. The minimum Gasteiger partial charge on any atom is -0.480 e. The first kappa shape index (κ1) is 19.8. The zero-order valence-electron chi connectivity index (χ0n) is 11.8. The molecule has 3 atom stereocenters. The number of aliphatic hydroxyl groups excluding tert-OH is 2. The van der Waals surface area contributed by atoms with Crippen molar-refractivity contribution in [2.24, 2.45) is 5.73 Å². The molecule has 1 unspecified atom stereocenters. The van der Waals surface area contributed by atoms with Gasteiger partial charge >= 0.3 is 5.97 Å². The first-order valence-electron chi connectivity index (χ1n) is 6.47. The Labute approximate surface area is 127 Å². The molecule has 0 bridgehead atoms. The van der Waals surface area contributed by atoms with Crippen LogP contribution in [0.3, 0.4) is 0 Å². The Morgan fingerprint density at radius 2 is 1.90 bits per heavy atom. The summed E-state index contributed by atoms with van der Waals surface area (Å²) < 4.78 is 0. The van der Waals surface area contributed by atoms with Crippen LogP contribution in [0, 0.1) is 0 Å². The highest BCUT2D eigenvalue weighted by molar-refractivity contribution is 8.00. The van der Waals surface area contributed by atoms with E-state index in [1.165, 1.54) is 6.92 Å². The van der Waals surface area contributed by atoms with Crippen LogP contribution >= 0.6 is 11.8 Å². The molecule has 6 N–H and O–H groups in total. The summed E-state index contributed by atoms with van der Waals surface area (Å²) in [6, 6.07) is -0.998. The average Bonchev–Trinajstić information content (AvgIpc) is 2.41. The molecule has 8 nitrogen and oxygen atoms in total. The maximum absolute atomic E-state index is 11.4. The molecule has 0 saturated carbocycles. The summed E-state index contributed by atoms with van der Waals surface area (Å²) in [6.07, 6.45) is -2.09. The predicted molar refractivity (Wildman–Crippen MR) is 77.9 cm³/mol. The topological polar surface area (TPSA) is 150 Å². The molecular formula is C12H22N2O6S.